The van der Waals surface area contributed by atoms with Crippen LogP contribution in [0.3, 0.4) is 0 Å². The van der Waals surface area contributed by atoms with Gasteiger partial charge in [-0.05, 0) is 50.6 Å². The molecule has 3 N–H and O–H groups in total. The van der Waals surface area contributed by atoms with E-state index in [9.17, 15) is 9.90 Å². The third-order valence-corrected chi connectivity index (χ3v) is 3.99. The highest BCUT2D eigenvalue weighted by Gasteiger charge is 2.25. The van der Waals surface area contributed by atoms with E-state index in [4.69, 9.17) is 0 Å². The lowest BCUT2D eigenvalue weighted by Gasteiger charge is -2.33. The normalized spacial score (nSPS) is 11.5. The lowest BCUT2D eigenvalue weighted by molar-refractivity contribution is 0.0956. The number of amides is 1. The smallest absolute Gasteiger partial charge is 0.408 e. The maximum atomic E-state index is 11.4. The van der Waals surface area contributed by atoms with E-state index in [1.807, 2.05) is 69.3 Å². The second kappa shape index (κ2) is 6.47. The molecule has 0 radical (unpaired) electrons. The number of nitrogens with one attached hydrogen (secondary N) is 2. The molecule has 0 aliphatic rings. The Labute approximate surface area is 146 Å². The van der Waals surface area contributed by atoms with E-state index in [0.717, 1.165) is 22.3 Å². The molecule has 0 spiro atoms. The Morgan fingerprint density at radius 3 is 2.44 bits per heavy atom. The fraction of sp³-hybridized carbons (Fsp3) is 0.263. The molecule has 0 saturated heterocycles. The standard InChI is InChI=1S/C19H22N4O2/c1-19(2,3)23(18(24)25)12-13-8-10-14(11-9-13)20-17-21-15-6-4-5-7-16(15)22-17/h4-11H,12H2,1-3H3,(H,24,25)(H2,20,21,22). The largest absolute Gasteiger partial charge is 0.465 e. The van der Waals surface area contributed by atoms with Crippen LogP contribution in [0, 0.1) is 0 Å². The number of benzene rings is 2. The Morgan fingerprint density at radius 1 is 1.16 bits per heavy atom. The van der Waals surface area contributed by atoms with Crippen molar-refractivity contribution in [3.05, 3.63) is 54.1 Å². The second-order valence-electron chi connectivity index (χ2n) is 6.96. The highest BCUT2D eigenvalue weighted by molar-refractivity contribution is 5.78. The highest BCUT2D eigenvalue weighted by atomic mass is 16.4. The lowest BCUT2D eigenvalue weighted by Crippen LogP contribution is -2.44. The quantitative estimate of drug-likeness (QED) is 0.650. The minimum Gasteiger partial charge on any atom is -0.465 e. The van der Waals surface area contributed by atoms with Gasteiger partial charge in [0, 0.05) is 17.8 Å². The van der Waals surface area contributed by atoms with Crippen molar-refractivity contribution in [2.75, 3.05) is 5.32 Å². The van der Waals surface area contributed by atoms with Crippen LogP contribution < -0.4 is 5.32 Å². The van der Waals surface area contributed by atoms with Gasteiger partial charge in [0.2, 0.25) is 5.95 Å². The van der Waals surface area contributed by atoms with E-state index >= 15 is 0 Å². The van der Waals surface area contributed by atoms with Gasteiger partial charge in [-0.1, -0.05) is 24.3 Å². The van der Waals surface area contributed by atoms with Gasteiger partial charge < -0.3 is 15.4 Å². The van der Waals surface area contributed by atoms with Gasteiger partial charge in [0.1, 0.15) is 0 Å². The first-order valence-corrected chi connectivity index (χ1v) is 8.14. The average Bonchev–Trinajstić information content (AvgIpc) is 2.95. The van der Waals surface area contributed by atoms with Crippen LogP contribution in [0.15, 0.2) is 48.5 Å². The molecule has 6 nitrogen and oxygen atoms in total. The van der Waals surface area contributed by atoms with Gasteiger partial charge in [-0.15, -0.1) is 0 Å². The van der Waals surface area contributed by atoms with E-state index in [1.165, 1.54) is 4.90 Å². The topological polar surface area (TPSA) is 81.2 Å². The Kier molecular flexibility index (Phi) is 4.35. The van der Waals surface area contributed by atoms with E-state index < -0.39 is 11.6 Å². The summed E-state index contributed by atoms with van der Waals surface area (Å²) in [7, 11) is 0. The number of anilines is 2. The third kappa shape index (κ3) is 3.91. The SMILES string of the molecule is CC(C)(C)N(Cc1ccc(Nc2nc3ccccc3[nH]2)cc1)C(=O)O. The molecular weight excluding hydrogens is 316 g/mol. The number of imidazole rings is 1. The molecule has 0 bridgehead atoms. The fourth-order valence-corrected chi connectivity index (χ4v) is 2.62. The molecule has 130 valence electrons. The van der Waals surface area contributed by atoms with Crippen LogP contribution in [-0.2, 0) is 6.54 Å². The molecule has 1 aromatic heterocycles. The Bertz CT molecular complexity index is 845. The molecule has 1 amide bonds. The van der Waals surface area contributed by atoms with Crippen molar-refractivity contribution in [3.8, 4) is 0 Å². The molecule has 0 unspecified atom stereocenters. The maximum Gasteiger partial charge on any atom is 0.408 e. The summed E-state index contributed by atoms with van der Waals surface area (Å²) >= 11 is 0. The predicted molar refractivity (Wildman–Crippen MR) is 99.1 cm³/mol. The Morgan fingerprint density at radius 2 is 1.84 bits per heavy atom. The molecule has 2 aromatic carbocycles. The van der Waals surface area contributed by atoms with Crippen molar-refractivity contribution in [3.63, 3.8) is 0 Å². The number of H-pyrrole nitrogens is 1. The number of carbonyl (C=O) groups is 1. The zero-order valence-electron chi connectivity index (χ0n) is 14.6. The van der Waals surface area contributed by atoms with E-state index in [0.29, 0.717) is 12.5 Å². The fourth-order valence-electron chi connectivity index (χ4n) is 2.62. The van der Waals surface area contributed by atoms with Crippen LogP contribution in [0.5, 0.6) is 0 Å². The van der Waals surface area contributed by atoms with E-state index in [-0.39, 0.29) is 0 Å². The summed E-state index contributed by atoms with van der Waals surface area (Å²) in [4.78, 5) is 20.6. The number of aromatic nitrogens is 2. The molecule has 3 aromatic rings. The lowest BCUT2D eigenvalue weighted by atomic mass is 10.1. The number of hydrogen-bond acceptors (Lipinski definition) is 3. The molecule has 1 heterocycles. The molecule has 6 heteroatoms. The number of hydrogen-bond donors (Lipinski definition) is 3. The van der Waals surface area contributed by atoms with Crippen LogP contribution >= 0.6 is 0 Å². The van der Waals surface area contributed by atoms with E-state index in [1.54, 1.807) is 0 Å². The first-order chi connectivity index (χ1) is 11.8. The van der Waals surface area contributed by atoms with Crippen LogP contribution in [-0.4, -0.2) is 31.6 Å². The van der Waals surface area contributed by atoms with E-state index in [2.05, 4.69) is 15.3 Å². The van der Waals surface area contributed by atoms with Crippen LogP contribution in [0.2, 0.25) is 0 Å². The van der Waals surface area contributed by atoms with Crippen LogP contribution in [0.25, 0.3) is 11.0 Å². The van der Waals surface area contributed by atoms with Gasteiger partial charge in [0.05, 0.1) is 11.0 Å². The zero-order valence-corrected chi connectivity index (χ0v) is 14.6. The minimum absolute atomic E-state index is 0.351. The monoisotopic (exact) mass is 338 g/mol. The Balaban J connectivity index is 1.72. The second-order valence-corrected chi connectivity index (χ2v) is 6.96. The molecule has 0 atom stereocenters. The van der Waals surface area contributed by atoms with Crippen molar-refractivity contribution in [1.82, 2.24) is 14.9 Å². The number of fused-ring (bicyclic) bond motifs is 1. The first kappa shape index (κ1) is 16.8. The highest BCUT2D eigenvalue weighted by Crippen LogP contribution is 2.21. The van der Waals surface area contributed by atoms with Crippen molar-refractivity contribution in [2.24, 2.45) is 0 Å². The Hall–Kier alpha value is -3.02. The third-order valence-electron chi connectivity index (χ3n) is 3.99. The van der Waals surface area contributed by atoms with Crippen molar-refractivity contribution >= 4 is 28.8 Å². The molecule has 0 aliphatic carbocycles. The van der Waals surface area contributed by atoms with Gasteiger partial charge in [-0.25, -0.2) is 9.78 Å². The average molecular weight is 338 g/mol. The maximum absolute atomic E-state index is 11.4. The van der Waals surface area contributed by atoms with Gasteiger partial charge in [-0.2, -0.15) is 0 Å². The van der Waals surface area contributed by atoms with Gasteiger partial charge >= 0.3 is 6.09 Å². The molecule has 25 heavy (non-hydrogen) atoms. The first-order valence-electron chi connectivity index (χ1n) is 8.14. The van der Waals surface area contributed by atoms with Gasteiger partial charge in [0.25, 0.3) is 0 Å². The van der Waals surface area contributed by atoms with Gasteiger partial charge in [-0.3, -0.25) is 4.90 Å². The number of aromatic amines is 1. The van der Waals surface area contributed by atoms with Gasteiger partial charge in [0.15, 0.2) is 0 Å². The summed E-state index contributed by atoms with van der Waals surface area (Å²) in [5, 5.41) is 12.6. The van der Waals surface area contributed by atoms with Crippen molar-refractivity contribution in [2.45, 2.75) is 32.9 Å². The predicted octanol–water partition coefficient (Wildman–Crippen LogP) is 4.59. The summed E-state index contributed by atoms with van der Waals surface area (Å²) in [5.41, 5.74) is 3.26. The molecule has 0 fully saturated rings. The number of rotatable bonds is 4. The molecular formula is C19H22N4O2. The van der Waals surface area contributed by atoms with Crippen molar-refractivity contribution in [1.29, 1.82) is 0 Å². The summed E-state index contributed by atoms with van der Waals surface area (Å²) in [5.74, 6) is 0.677. The summed E-state index contributed by atoms with van der Waals surface area (Å²) in [6, 6.07) is 15.5. The summed E-state index contributed by atoms with van der Waals surface area (Å²) in [6.45, 7) is 6.01. The summed E-state index contributed by atoms with van der Waals surface area (Å²) < 4.78 is 0. The number of nitrogens with zero attached hydrogens (tertiary/aromatic N) is 2. The zero-order chi connectivity index (χ0) is 18.0. The summed E-state index contributed by atoms with van der Waals surface area (Å²) in [6.07, 6.45) is -0.919. The van der Waals surface area contributed by atoms with Crippen molar-refractivity contribution < 1.29 is 9.90 Å². The number of para-hydroxylation sites is 2. The minimum atomic E-state index is -0.919. The molecule has 0 saturated carbocycles. The molecule has 3 rings (SSSR count). The van der Waals surface area contributed by atoms with Crippen LogP contribution in [0.1, 0.15) is 26.3 Å². The van der Waals surface area contributed by atoms with Crippen LogP contribution in [0.4, 0.5) is 16.4 Å². The molecule has 0 aliphatic heterocycles. The number of carboxylic acid groups (broad SMARTS) is 1.